The molecule has 3 nitrogen and oxygen atoms in total. The summed E-state index contributed by atoms with van der Waals surface area (Å²) in [6.07, 6.45) is 11.6. The number of nitrogens with zero attached hydrogens (tertiary/aromatic N) is 1. The molecule has 2 saturated heterocycles. The molecular formula is C17H32N2O. The van der Waals surface area contributed by atoms with E-state index in [4.69, 9.17) is 4.74 Å². The Kier molecular flexibility index (Phi) is 5.00. The summed E-state index contributed by atoms with van der Waals surface area (Å²) in [6.45, 7) is 7.89. The first-order chi connectivity index (χ1) is 9.77. The lowest BCUT2D eigenvalue weighted by Crippen LogP contribution is -2.49. The zero-order chi connectivity index (χ0) is 13.8. The molecule has 0 radical (unpaired) electrons. The third kappa shape index (κ3) is 3.55. The third-order valence-corrected chi connectivity index (χ3v) is 6.02. The maximum atomic E-state index is 5.58. The molecule has 2 unspecified atom stereocenters. The van der Waals surface area contributed by atoms with Gasteiger partial charge in [0.1, 0.15) is 0 Å². The fourth-order valence-corrected chi connectivity index (χ4v) is 4.57. The molecule has 2 atom stereocenters. The fraction of sp³-hybridized carbons (Fsp3) is 1.00. The topological polar surface area (TPSA) is 24.5 Å². The minimum atomic E-state index is 0.573. The van der Waals surface area contributed by atoms with E-state index in [0.29, 0.717) is 12.1 Å². The zero-order valence-electron chi connectivity index (χ0n) is 13.2. The highest BCUT2D eigenvalue weighted by Gasteiger charge is 2.36. The number of nitrogens with one attached hydrogen (secondary N) is 1. The number of ether oxygens (including phenoxy) is 1. The van der Waals surface area contributed by atoms with E-state index in [1.807, 2.05) is 0 Å². The lowest BCUT2D eigenvalue weighted by atomic mass is 9.68. The number of likely N-dealkylation sites (tertiary alicyclic amines) is 1. The Labute approximate surface area is 124 Å². The van der Waals surface area contributed by atoms with Crippen molar-refractivity contribution >= 4 is 0 Å². The first-order valence-electron chi connectivity index (χ1n) is 8.83. The van der Waals surface area contributed by atoms with Crippen molar-refractivity contribution in [3.63, 3.8) is 0 Å². The van der Waals surface area contributed by atoms with Crippen LogP contribution in [0.15, 0.2) is 0 Å². The second-order valence-corrected chi connectivity index (χ2v) is 7.41. The summed E-state index contributed by atoms with van der Waals surface area (Å²) in [7, 11) is 0. The van der Waals surface area contributed by atoms with Crippen LogP contribution in [0.3, 0.4) is 0 Å². The summed E-state index contributed by atoms with van der Waals surface area (Å²) < 4.78 is 5.58. The van der Waals surface area contributed by atoms with Gasteiger partial charge in [0.15, 0.2) is 0 Å². The molecule has 20 heavy (non-hydrogen) atoms. The molecule has 1 spiro atoms. The first kappa shape index (κ1) is 14.8. The van der Waals surface area contributed by atoms with Gasteiger partial charge in [-0.25, -0.2) is 0 Å². The van der Waals surface area contributed by atoms with Gasteiger partial charge >= 0.3 is 0 Å². The fourth-order valence-electron chi connectivity index (χ4n) is 4.57. The quantitative estimate of drug-likeness (QED) is 0.860. The molecule has 1 aliphatic carbocycles. The summed E-state index contributed by atoms with van der Waals surface area (Å²) in [6, 6.07) is 1.28. The number of hydrogen-bond donors (Lipinski definition) is 1. The van der Waals surface area contributed by atoms with E-state index in [1.165, 1.54) is 64.5 Å². The van der Waals surface area contributed by atoms with Crippen LogP contribution in [0.5, 0.6) is 0 Å². The molecule has 3 rings (SSSR count). The zero-order valence-corrected chi connectivity index (χ0v) is 13.2. The van der Waals surface area contributed by atoms with Gasteiger partial charge in [-0.3, -0.25) is 0 Å². The number of rotatable bonds is 3. The molecule has 0 amide bonds. The second kappa shape index (κ2) is 6.76. The van der Waals surface area contributed by atoms with Crippen LogP contribution < -0.4 is 5.32 Å². The summed E-state index contributed by atoms with van der Waals surface area (Å²) >= 11 is 0. The smallest absolute Gasteiger partial charge is 0.0620 e. The summed E-state index contributed by atoms with van der Waals surface area (Å²) in [4.78, 5) is 2.73. The van der Waals surface area contributed by atoms with E-state index >= 15 is 0 Å². The van der Waals surface area contributed by atoms with Crippen LogP contribution in [0.4, 0.5) is 0 Å². The van der Waals surface area contributed by atoms with Crippen LogP contribution in [0, 0.1) is 5.41 Å². The molecule has 2 heterocycles. The Bertz CT molecular complexity index is 285. The van der Waals surface area contributed by atoms with Crippen molar-refractivity contribution in [2.24, 2.45) is 5.41 Å². The Balaban J connectivity index is 1.44. The van der Waals surface area contributed by atoms with Gasteiger partial charge in [-0.2, -0.15) is 0 Å². The normalized spacial score (nSPS) is 33.1. The van der Waals surface area contributed by atoms with Crippen molar-refractivity contribution in [3.05, 3.63) is 0 Å². The number of hydrogen-bond acceptors (Lipinski definition) is 3. The van der Waals surface area contributed by atoms with E-state index in [1.54, 1.807) is 0 Å². The average Bonchev–Trinajstić information content (AvgIpc) is 2.50. The van der Waals surface area contributed by atoms with Crippen LogP contribution in [-0.2, 0) is 4.74 Å². The van der Waals surface area contributed by atoms with Crippen LogP contribution in [0.2, 0.25) is 0 Å². The van der Waals surface area contributed by atoms with Crippen molar-refractivity contribution < 1.29 is 4.74 Å². The summed E-state index contributed by atoms with van der Waals surface area (Å²) in [5.41, 5.74) is 0.737. The maximum Gasteiger partial charge on any atom is 0.0620 e. The Morgan fingerprint density at radius 2 is 1.90 bits per heavy atom. The molecule has 1 N–H and O–H groups in total. The number of morpholine rings is 1. The van der Waals surface area contributed by atoms with Crippen LogP contribution in [-0.4, -0.2) is 49.8 Å². The van der Waals surface area contributed by atoms with Crippen molar-refractivity contribution in [2.45, 2.75) is 70.4 Å². The minimum absolute atomic E-state index is 0.573. The summed E-state index contributed by atoms with van der Waals surface area (Å²) in [5, 5.41) is 3.59. The lowest BCUT2D eigenvalue weighted by Gasteiger charge is -2.46. The second-order valence-electron chi connectivity index (χ2n) is 7.41. The highest BCUT2D eigenvalue weighted by atomic mass is 16.5. The standard InChI is InChI=1S/C17H32N2O/c1-15(13-16-14-20-12-9-18-16)19-10-7-17(8-11-19)5-3-2-4-6-17/h15-16,18H,2-14H2,1H3. The molecule has 0 aromatic heterocycles. The molecular weight excluding hydrogens is 248 g/mol. The highest BCUT2D eigenvalue weighted by Crippen LogP contribution is 2.44. The molecule has 2 aliphatic heterocycles. The van der Waals surface area contributed by atoms with Crippen LogP contribution in [0.25, 0.3) is 0 Å². The molecule has 1 saturated carbocycles. The van der Waals surface area contributed by atoms with Gasteiger partial charge in [-0.1, -0.05) is 19.3 Å². The predicted molar refractivity (Wildman–Crippen MR) is 83.0 cm³/mol. The highest BCUT2D eigenvalue weighted by molar-refractivity contribution is 4.90. The van der Waals surface area contributed by atoms with E-state index in [-0.39, 0.29) is 0 Å². The van der Waals surface area contributed by atoms with E-state index in [0.717, 1.165) is 25.2 Å². The van der Waals surface area contributed by atoms with Gasteiger partial charge in [0, 0.05) is 18.6 Å². The van der Waals surface area contributed by atoms with Gasteiger partial charge in [-0.05, 0) is 57.5 Å². The molecule has 3 fully saturated rings. The Morgan fingerprint density at radius 1 is 1.15 bits per heavy atom. The molecule has 116 valence electrons. The van der Waals surface area contributed by atoms with Crippen molar-refractivity contribution in [1.29, 1.82) is 0 Å². The first-order valence-corrected chi connectivity index (χ1v) is 8.83. The van der Waals surface area contributed by atoms with Gasteiger partial charge in [0.25, 0.3) is 0 Å². The molecule has 3 heteroatoms. The average molecular weight is 280 g/mol. The Hall–Kier alpha value is -0.120. The van der Waals surface area contributed by atoms with Crippen molar-refractivity contribution in [3.8, 4) is 0 Å². The van der Waals surface area contributed by atoms with Gasteiger partial charge in [0.05, 0.1) is 13.2 Å². The Morgan fingerprint density at radius 3 is 2.55 bits per heavy atom. The minimum Gasteiger partial charge on any atom is -0.379 e. The third-order valence-electron chi connectivity index (χ3n) is 6.02. The predicted octanol–water partition coefficient (Wildman–Crippen LogP) is 2.80. The van der Waals surface area contributed by atoms with Gasteiger partial charge in [0.2, 0.25) is 0 Å². The van der Waals surface area contributed by atoms with E-state index in [9.17, 15) is 0 Å². The monoisotopic (exact) mass is 280 g/mol. The molecule has 3 aliphatic rings. The van der Waals surface area contributed by atoms with Crippen LogP contribution in [0.1, 0.15) is 58.3 Å². The molecule has 0 aromatic carbocycles. The van der Waals surface area contributed by atoms with E-state index < -0.39 is 0 Å². The number of piperidine rings is 1. The van der Waals surface area contributed by atoms with Gasteiger partial charge in [-0.15, -0.1) is 0 Å². The molecule has 0 bridgehead atoms. The lowest BCUT2D eigenvalue weighted by molar-refractivity contribution is 0.0302. The molecule has 0 aromatic rings. The van der Waals surface area contributed by atoms with Crippen molar-refractivity contribution in [1.82, 2.24) is 10.2 Å². The summed E-state index contributed by atoms with van der Waals surface area (Å²) in [5.74, 6) is 0. The van der Waals surface area contributed by atoms with Crippen LogP contribution >= 0.6 is 0 Å². The van der Waals surface area contributed by atoms with Gasteiger partial charge < -0.3 is 15.0 Å². The van der Waals surface area contributed by atoms with Crippen molar-refractivity contribution in [2.75, 3.05) is 32.8 Å². The van der Waals surface area contributed by atoms with E-state index in [2.05, 4.69) is 17.1 Å². The largest absolute Gasteiger partial charge is 0.379 e. The SMILES string of the molecule is CC(CC1COCCN1)N1CCC2(CCCCC2)CC1. The maximum absolute atomic E-state index is 5.58.